The van der Waals surface area contributed by atoms with E-state index in [1.165, 1.54) is 18.6 Å². The molecule has 1 aromatic carbocycles. The first-order valence-corrected chi connectivity index (χ1v) is 8.23. The van der Waals surface area contributed by atoms with E-state index >= 15 is 0 Å². The summed E-state index contributed by atoms with van der Waals surface area (Å²) >= 11 is 0. The molecule has 1 aliphatic rings. The lowest BCUT2D eigenvalue weighted by atomic mass is 9.85. The monoisotopic (exact) mass is 354 g/mol. The molecule has 0 spiro atoms. The quantitative estimate of drug-likeness (QED) is 0.795. The topological polar surface area (TPSA) is 43.2 Å². The number of benzene rings is 1. The van der Waals surface area contributed by atoms with Gasteiger partial charge in [-0.1, -0.05) is 18.6 Å². The van der Waals surface area contributed by atoms with Crippen LogP contribution in [0.15, 0.2) is 24.3 Å². The number of nitrogens with zero attached hydrogens (tertiary/aromatic N) is 4. The van der Waals surface area contributed by atoms with Crippen molar-refractivity contribution < 1.29 is 17.9 Å². The standard InChI is InChI=1S/C17H21F3N4O/c1-23(10-12-5-3-8-14(9-12)25-17(18,19)20)11-15-21-22-16(24(15)2)13-6-4-7-13/h3,5,8-9,13H,4,6-7,10-11H2,1-2H3. The molecular weight excluding hydrogens is 333 g/mol. The Kier molecular flexibility index (Phi) is 4.99. The van der Waals surface area contributed by atoms with Crippen LogP contribution in [0.3, 0.4) is 0 Å². The fraction of sp³-hybridized carbons (Fsp3) is 0.529. The summed E-state index contributed by atoms with van der Waals surface area (Å²) in [7, 11) is 3.86. The van der Waals surface area contributed by atoms with Gasteiger partial charge in [0.2, 0.25) is 0 Å². The highest BCUT2D eigenvalue weighted by Crippen LogP contribution is 2.35. The van der Waals surface area contributed by atoms with Crippen molar-refractivity contribution in [1.82, 2.24) is 19.7 Å². The third kappa shape index (κ3) is 4.50. The zero-order chi connectivity index (χ0) is 18.0. The van der Waals surface area contributed by atoms with Gasteiger partial charge in [-0.05, 0) is 37.6 Å². The van der Waals surface area contributed by atoms with E-state index in [9.17, 15) is 13.2 Å². The van der Waals surface area contributed by atoms with Crippen LogP contribution in [0.5, 0.6) is 5.75 Å². The van der Waals surface area contributed by atoms with Crippen LogP contribution in [0.2, 0.25) is 0 Å². The van der Waals surface area contributed by atoms with Gasteiger partial charge in [-0.3, -0.25) is 4.90 Å². The van der Waals surface area contributed by atoms with Crippen molar-refractivity contribution in [3.63, 3.8) is 0 Å². The van der Waals surface area contributed by atoms with E-state index in [0.717, 1.165) is 30.1 Å². The van der Waals surface area contributed by atoms with Crippen molar-refractivity contribution in [2.24, 2.45) is 7.05 Å². The minimum absolute atomic E-state index is 0.204. The average molecular weight is 354 g/mol. The maximum Gasteiger partial charge on any atom is 0.573 e. The molecule has 3 rings (SSSR count). The molecule has 0 bridgehead atoms. The van der Waals surface area contributed by atoms with E-state index in [1.54, 1.807) is 12.1 Å². The van der Waals surface area contributed by atoms with Crippen LogP contribution in [0, 0.1) is 0 Å². The van der Waals surface area contributed by atoms with E-state index < -0.39 is 6.36 Å². The van der Waals surface area contributed by atoms with Crippen molar-refractivity contribution in [2.45, 2.75) is 44.6 Å². The summed E-state index contributed by atoms with van der Waals surface area (Å²) in [6.45, 7) is 1.06. The lowest BCUT2D eigenvalue weighted by molar-refractivity contribution is -0.274. The second-order valence-corrected chi connectivity index (χ2v) is 6.53. The Balaban J connectivity index is 1.62. The van der Waals surface area contributed by atoms with Crippen LogP contribution < -0.4 is 4.74 Å². The van der Waals surface area contributed by atoms with Gasteiger partial charge in [-0.15, -0.1) is 23.4 Å². The van der Waals surface area contributed by atoms with Gasteiger partial charge in [0.05, 0.1) is 6.54 Å². The summed E-state index contributed by atoms with van der Waals surface area (Å²) in [6, 6.07) is 6.03. The largest absolute Gasteiger partial charge is 0.573 e. The maximum atomic E-state index is 12.3. The summed E-state index contributed by atoms with van der Waals surface area (Å²) in [4.78, 5) is 1.99. The molecule has 1 aromatic heterocycles. The number of rotatable bonds is 6. The van der Waals surface area contributed by atoms with E-state index in [-0.39, 0.29) is 5.75 Å². The number of alkyl halides is 3. The summed E-state index contributed by atoms with van der Waals surface area (Å²) in [5, 5.41) is 8.56. The van der Waals surface area contributed by atoms with E-state index in [1.807, 2.05) is 23.6 Å². The minimum atomic E-state index is -4.68. The molecule has 136 valence electrons. The fourth-order valence-corrected chi connectivity index (χ4v) is 2.98. The highest BCUT2D eigenvalue weighted by atomic mass is 19.4. The molecule has 8 heteroatoms. The van der Waals surface area contributed by atoms with Gasteiger partial charge in [0.1, 0.15) is 17.4 Å². The second kappa shape index (κ2) is 7.03. The van der Waals surface area contributed by atoms with E-state index in [4.69, 9.17) is 0 Å². The summed E-state index contributed by atoms with van der Waals surface area (Å²) in [5.74, 6) is 2.18. The van der Waals surface area contributed by atoms with Crippen LogP contribution in [0.1, 0.15) is 42.4 Å². The summed E-state index contributed by atoms with van der Waals surface area (Å²) < 4.78 is 43.0. The Hall–Kier alpha value is -2.09. The molecule has 1 fully saturated rings. The number of hydrogen-bond acceptors (Lipinski definition) is 4. The van der Waals surface area contributed by atoms with Crippen molar-refractivity contribution in [1.29, 1.82) is 0 Å². The van der Waals surface area contributed by atoms with Crippen LogP contribution in [0.25, 0.3) is 0 Å². The minimum Gasteiger partial charge on any atom is -0.406 e. The first kappa shape index (κ1) is 17.7. The van der Waals surface area contributed by atoms with Crippen LogP contribution in [0.4, 0.5) is 13.2 Å². The summed E-state index contributed by atoms with van der Waals surface area (Å²) in [6.07, 6.45) is -1.12. The highest BCUT2D eigenvalue weighted by molar-refractivity contribution is 5.28. The molecule has 0 amide bonds. The van der Waals surface area contributed by atoms with Gasteiger partial charge < -0.3 is 9.30 Å². The number of halogens is 3. The molecule has 25 heavy (non-hydrogen) atoms. The molecule has 1 heterocycles. The second-order valence-electron chi connectivity index (χ2n) is 6.53. The highest BCUT2D eigenvalue weighted by Gasteiger charge is 2.31. The van der Waals surface area contributed by atoms with Crippen LogP contribution in [-0.4, -0.2) is 33.1 Å². The number of ether oxygens (including phenoxy) is 1. The predicted molar refractivity (Wildman–Crippen MR) is 85.9 cm³/mol. The van der Waals surface area contributed by atoms with Crippen molar-refractivity contribution in [3.8, 4) is 5.75 Å². The van der Waals surface area contributed by atoms with Gasteiger partial charge in [-0.25, -0.2) is 0 Å². The van der Waals surface area contributed by atoms with Gasteiger partial charge in [-0.2, -0.15) is 0 Å². The normalized spacial score (nSPS) is 15.4. The summed E-state index contributed by atoms with van der Waals surface area (Å²) in [5.41, 5.74) is 0.741. The molecule has 0 unspecified atom stereocenters. The van der Waals surface area contributed by atoms with Gasteiger partial charge >= 0.3 is 6.36 Å². The molecule has 2 aromatic rings. The average Bonchev–Trinajstić information content (AvgIpc) is 2.77. The van der Waals surface area contributed by atoms with E-state index in [0.29, 0.717) is 19.0 Å². The molecule has 0 saturated heterocycles. The zero-order valence-electron chi connectivity index (χ0n) is 14.3. The van der Waals surface area contributed by atoms with Gasteiger partial charge in [0, 0.05) is 19.5 Å². The Bertz CT molecular complexity index is 725. The smallest absolute Gasteiger partial charge is 0.406 e. The Labute approximate surface area is 144 Å². The molecule has 0 aliphatic heterocycles. The first-order chi connectivity index (χ1) is 11.8. The maximum absolute atomic E-state index is 12.3. The van der Waals surface area contributed by atoms with Crippen LogP contribution >= 0.6 is 0 Å². The van der Waals surface area contributed by atoms with E-state index in [2.05, 4.69) is 14.9 Å². The molecule has 0 N–H and O–H groups in total. The molecule has 5 nitrogen and oxygen atoms in total. The van der Waals surface area contributed by atoms with Gasteiger partial charge in [0.25, 0.3) is 0 Å². The van der Waals surface area contributed by atoms with Gasteiger partial charge in [0.15, 0.2) is 0 Å². The molecule has 1 saturated carbocycles. The Morgan fingerprint density at radius 1 is 1.24 bits per heavy atom. The number of aromatic nitrogens is 3. The first-order valence-electron chi connectivity index (χ1n) is 8.23. The third-order valence-electron chi connectivity index (χ3n) is 4.46. The predicted octanol–water partition coefficient (Wildman–Crippen LogP) is 3.61. The molecule has 0 radical (unpaired) electrons. The third-order valence-corrected chi connectivity index (χ3v) is 4.46. The molecular formula is C17H21F3N4O. The van der Waals surface area contributed by atoms with Crippen molar-refractivity contribution in [2.75, 3.05) is 7.05 Å². The molecule has 0 atom stereocenters. The fourth-order valence-electron chi connectivity index (χ4n) is 2.98. The Morgan fingerprint density at radius 3 is 2.64 bits per heavy atom. The van der Waals surface area contributed by atoms with Crippen molar-refractivity contribution >= 4 is 0 Å². The van der Waals surface area contributed by atoms with Crippen LogP contribution in [-0.2, 0) is 20.1 Å². The lowest BCUT2D eigenvalue weighted by Gasteiger charge is -2.24. The zero-order valence-corrected chi connectivity index (χ0v) is 14.3. The SMILES string of the molecule is CN(Cc1cccc(OC(F)(F)F)c1)Cc1nnc(C2CCC2)n1C. The lowest BCUT2D eigenvalue weighted by Crippen LogP contribution is -2.21. The Morgan fingerprint density at radius 2 is 2.00 bits per heavy atom. The molecule has 1 aliphatic carbocycles. The van der Waals surface area contributed by atoms with Crippen molar-refractivity contribution in [3.05, 3.63) is 41.5 Å². The number of hydrogen-bond donors (Lipinski definition) is 0.